The molecule has 0 aliphatic heterocycles. The summed E-state index contributed by atoms with van der Waals surface area (Å²) in [7, 11) is 0. The van der Waals surface area contributed by atoms with E-state index in [1.807, 2.05) is 6.92 Å². The zero-order valence-corrected chi connectivity index (χ0v) is 9.19. The highest BCUT2D eigenvalue weighted by atomic mass is 16.6. The first-order valence-corrected chi connectivity index (χ1v) is 5.13. The Hall–Kier alpha value is -1.82. The molecule has 88 valence electrons. The van der Waals surface area contributed by atoms with Crippen LogP contribution in [0.1, 0.15) is 6.92 Å². The molecule has 0 radical (unpaired) electrons. The molecule has 0 heterocycles. The summed E-state index contributed by atoms with van der Waals surface area (Å²) in [5, 5.41) is 16.8. The molecule has 1 aromatic carbocycles. The highest BCUT2D eigenvalue weighted by molar-refractivity contribution is 5.65. The van der Waals surface area contributed by atoms with Gasteiger partial charge < -0.3 is 16.4 Å². The summed E-state index contributed by atoms with van der Waals surface area (Å²) in [6.07, 6.45) is 0. The third kappa shape index (κ3) is 3.39. The van der Waals surface area contributed by atoms with Crippen LogP contribution in [-0.2, 0) is 0 Å². The van der Waals surface area contributed by atoms with E-state index in [1.54, 1.807) is 12.1 Å². The van der Waals surface area contributed by atoms with Crippen LogP contribution in [0.3, 0.4) is 0 Å². The molecular weight excluding hydrogens is 208 g/mol. The van der Waals surface area contributed by atoms with Crippen molar-refractivity contribution < 1.29 is 4.92 Å². The van der Waals surface area contributed by atoms with Gasteiger partial charge in [0.2, 0.25) is 0 Å². The standard InChI is InChI=1S/C10H16N4O2/c1-2-12-5-6-13-8-3-4-10(14(15)16)9(11)7-8/h3-4,7,12-13H,2,5-6,11H2,1H3. The van der Waals surface area contributed by atoms with E-state index in [-0.39, 0.29) is 11.4 Å². The van der Waals surface area contributed by atoms with Crippen molar-refractivity contribution in [3.8, 4) is 0 Å². The fourth-order valence-electron chi connectivity index (χ4n) is 1.30. The first-order chi connectivity index (χ1) is 7.65. The van der Waals surface area contributed by atoms with Gasteiger partial charge in [-0.1, -0.05) is 6.92 Å². The minimum Gasteiger partial charge on any atom is -0.393 e. The summed E-state index contributed by atoms with van der Waals surface area (Å²) in [5.41, 5.74) is 6.47. The average molecular weight is 224 g/mol. The Labute approximate surface area is 94.0 Å². The van der Waals surface area contributed by atoms with E-state index < -0.39 is 4.92 Å². The molecule has 0 aromatic heterocycles. The van der Waals surface area contributed by atoms with Crippen molar-refractivity contribution >= 4 is 17.1 Å². The number of nitrogens with two attached hydrogens (primary N) is 1. The summed E-state index contributed by atoms with van der Waals surface area (Å²) in [4.78, 5) is 10.0. The van der Waals surface area contributed by atoms with Crippen LogP contribution in [0, 0.1) is 10.1 Å². The maximum atomic E-state index is 10.5. The second-order valence-electron chi connectivity index (χ2n) is 3.31. The van der Waals surface area contributed by atoms with Crippen molar-refractivity contribution in [1.82, 2.24) is 5.32 Å². The normalized spacial score (nSPS) is 10.1. The second kappa shape index (κ2) is 5.92. The molecule has 0 atom stereocenters. The van der Waals surface area contributed by atoms with Crippen LogP contribution < -0.4 is 16.4 Å². The predicted octanol–water partition coefficient (Wildman–Crippen LogP) is 1.20. The van der Waals surface area contributed by atoms with Crippen molar-refractivity contribution in [1.29, 1.82) is 0 Å². The smallest absolute Gasteiger partial charge is 0.292 e. The molecule has 6 heteroatoms. The Bertz CT molecular complexity index is 368. The lowest BCUT2D eigenvalue weighted by Gasteiger charge is -2.07. The summed E-state index contributed by atoms with van der Waals surface area (Å²) >= 11 is 0. The zero-order chi connectivity index (χ0) is 12.0. The monoisotopic (exact) mass is 224 g/mol. The van der Waals surface area contributed by atoms with E-state index in [1.165, 1.54) is 6.07 Å². The molecule has 0 aliphatic carbocycles. The van der Waals surface area contributed by atoms with Crippen molar-refractivity contribution in [2.24, 2.45) is 0 Å². The fraction of sp³-hybridized carbons (Fsp3) is 0.400. The van der Waals surface area contributed by atoms with E-state index in [0.29, 0.717) is 0 Å². The molecule has 0 saturated heterocycles. The number of hydrogen-bond donors (Lipinski definition) is 3. The van der Waals surface area contributed by atoms with Gasteiger partial charge in [0.05, 0.1) is 4.92 Å². The zero-order valence-electron chi connectivity index (χ0n) is 9.19. The third-order valence-electron chi connectivity index (χ3n) is 2.11. The van der Waals surface area contributed by atoms with Crippen LogP contribution >= 0.6 is 0 Å². The van der Waals surface area contributed by atoms with Gasteiger partial charge in [0.1, 0.15) is 5.69 Å². The van der Waals surface area contributed by atoms with Crippen molar-refractivity contribution in [3.05, 3.63) is 28.3 Å². The van der Waals surface area contributed by atoms with Gasteiger partial charge in [-0.25, -0.2) is 0 Å². The first kappa shape index (κ1) is 12.3. The van der Waals surface area contributed by atoms with E-state index in [0.717, 1.165) is 25.3 Å². The molecule has 0 unspecified atom stereocenters. The Morgan fingerprint density at radius 3 is 2.75 bits per heavy atom. The molecule has 6 nitrogen and oxygen atoms in total. The predicted molar refractivity (Wildman–Crippen MR) is 64.5 cm³/mol. The molecule has 0 aliphatic rings. The lowest BCUT2D eigenvalue weighted by atomic mass is 10.2. The molecule has 0 spiro atoms. The lowest BCUT2D eigenvalue weighted by molar-refractivity contribution is -0.383. The molecule has 1 aromatic rings. The summed E-state index contributed by atoms with van der Waals surface area (Å²) in [5.74, 6) is 0. The van der Waals surface area contributed by atoms with Crippen LogP contribution in [0.25, 0.3) is 0 Å². The number of nitrogens with one attached hydrogen (secondary N) is 2. The summed E-state index contributed by atoms with van der Waals surface area (Å²) < 4.78 is 0. The quantitative estimate of drug-likeness (QED) is 0.292. The first-order valence-electron chi connectivity index (χ1n) is 5.13. The Kier molecular flexibility index (Phi) is 4.53. The SMILES string of the molecule is CCNCCNc1ccc([N+](=O)[O-])c(N)c1. The lowest BCUT2D eigenvalue weighted by Crippen LogP contribution is -2.21. The van der Waals surface area contributed by atoms with Gasteiger partial charge in [0.15, 0.2) is 0 Å². The maximum Gasteiger partial charge on any atom is 0.292 e. The molecular formula is C10H16N4O2. The Balaban J connectivity index is 2.56. The molecule has 4 N–H and O–H groups in total. The number of nitrogens with zero attached hydrogens (tertiary/aromatic N) is 1. The van der Waals surface area contributed by atoms with E-state index in [2.05, 4.69) is 10.6 Å². The van der Waals surface area contributed by atoms with Gasteiger partial charge in [0.25, 0.3) is 5.69 Å². The number of likely N-dealkylation sites (N-methyl/N-ethyl adjacent to an activating group) is 1. The van der Waals surface area contributed by atoms with Gasteiger partial charge in [-0.3, -0.25) is 10.1 Å². The molecule has 0 fully saturated rings. The molecule has 0 bridgehead atoms. The molecule has 0 saturated carbocycles. The minimum absolute atomic E-state index is 0.0581. The van der Waals surface area contributed by atoms with Gasteiger partial charge >= 0.3 is 0 Å². The van der Waals surface area contributed by atoms with Crippen LogP contribution in [0.15, 0.2) is 18.2 Å². The number of nitrogen functional groups attached to an aromatic ring is 1. The number of rotatable bonds is 6. The van der Waals surface area contributed by atoms with Gasteiger partial charge in [0, 0.05) is 24.8 Å². The highest BCUT2D eigenvalue weighted by Gasteiger charge is 2.10. The highest BCUT2D eigenvalue weighted by Crippen LogP contribution is 2.24. The van der Waals surface area contributed by atoms with Crippen molar-refractivity contribution in [2.75, 3.05) is 30.7 Å². The third-order valence-corrected chi connectivity index (χ3v) is 2.11. The van der Waals surface area contributed by atoms with Gasteiger partial charge in [-0.15, -0.1) is 0 Å². The topological polar surface area (TPSA) is 93.2 Å². The van der Waals surface area contributed by atoms with Crippen LogP contribution in [0.2, 0.25) is 0 Å². The van der Waals surface area contributed by atoms with E-state index >= 15 is 0 Å². The number of anilines is 2. The average Bonchev–Trinajstić information content (AvgIpc) is 2.24. The van der Waals surface area contributed by atoms with E-state index in [4.69, 9.17) is 5.73 Å². The fourth-order valence-corrected chi connectivity index (χ4v) is 1.30. The van der Waals surface area contributed by atoms with Crippen LogP contribution in [0.4, 0.5) is 17.1 Å². The number of nitro benzene ring substituents is 1. The minimum atomic E-state index is -0.488. The largest absolute Gasteiger partial charge is 0.393 e. The van der Waals surface area contributed by atoms with Crippen molar-refractivity contribution in [2.45, 2.75) is 6.92 Å². The molecule has 0 amide bonds. The number of benzene rings is 1. The second-order valence-corrected chi connectivity index (χ2v) is 3.31. The Morgan fingerprint density at radius 1 is 1.44 bits per heavy atom. The van der Waals surface area contributed by atoms with Crippen LogP contribution in [0.5, 0.6) is 0 Å². The molecule has 1 rings (SSSR count). The number of hydrogen-bond acceptors (Lipinski definition) is 5. The summed E-state index contributed by atoms with van der Waals surface area (Å²) in [6, 6.07) is 4.63. The number of nitro groups is 1. The van der Waals surface area contributed by atoms with Crippen molar-refractivity contribution in [3.63, 3.8) is 0 Å². The van der Waals surface area contributed by atoms with E-state index in [9.17, 15) is 10.1 Å². The summed E-state index contributed by atoms with van der Waals surface area (Å²) in [6.45, 7) is 4.55. The maximum absolute atomic E-state index is 10.5. The van der Waals surface area contributed by atoms with Gasteiger partial charge in [-0.05, 0) is 18.7 Å². The Morgan fingerprint density at radius 2 is 2.19 bits per heavy atom. The van der Waals surface area contributed by atoms with Crippen LogP contribution in [-0.4, -0.2) is 24.6 Å². The van der Waals surface area contributed by atoms with Gasteiger partial charge in [-0.2, -0.15) is 0 Å². The molecule has 16 heavy (non-hydrogen) atoms.